The van der Waals surface area contributed by atoms with Crippen LogP contribution < -0.4 is 5.32 Å². The largest absolute Gasteiger partial charge is 0.480 e. The van der Waals surface area contributed by atoms with Crippen molar-refractivity contribution >= 4 is 11.9 Å². The van der Waals surface area contributed by atoms with E-state index in [2.05, 4.69) is 5.32 Å². The van der Waals surface area contributed by atoms with Gasteiger partial charge in [0.25, 0.3) is 0 Å². The summed E-state index contributed by atoms with van der Waals surface area (Å²) < 4.78 is 0. The Kier molecular flexibility index (Phi) is 29.1. The molecule has 0 rings (SSSR count). The van der Waals surface area contributed by atoms with Crippen molar-refractivity contribution in [2.45, 2.75) is 6.92 Å². The van der Waals surface area contributed by atoms with E-state index >= 15 is 0 Å². The fourth-order valence-corrected chi connectivity index (χ4v) is 0.276. The molecule has 0 saturated heterocycles. The summed E-state index contributed by atoms with van der Waals surface area (Å²) in [5.74, 6) is -2.12. The van der Waals surface area contributed by atoms with E-state index in [0.717, 1.165) is 0 Å². The predicted octanol–water partition coefficient (Wildman–Crippen LogP) is -1.50. The summed E-state index contributed by atoms with van der Waals surface area (Å²) in [5, 5.41) is 40.4. The van der Waals surface area contributed by atoms with Gasteiger partial charge in [0.15, 0.2) is 0 Å². The molecule has 0 aliphatic rings. The Morgan fingerprint density at radius 1 is 1.18 bits per heavy atom. The molecule has 0 aromatic carbocycles. The number of carbonyl (C=O) groups is 2. The van der Waals surface area contributed by atoms with Gasteiger partial charge in [-0.15, -0.1) is 0 Å². The van der Waals surface area contributed by atoms with E-state index in [0.29, 0.717) is 0 Å². The Morgan fingerprint density at radius 2 is 1.35 bits per heavy atom. The first-order chi connectivity index (χ1) is 7.27. The number of nitrogens with zero attached hydrogens (tertiary/aromatic N) is 1. The van der Waals surface area contributed by atoms with E-state index in [4.69, 9.17) is 30.6 Å². The quantitative estimate of drug-likeness (QED) is 0.356. The zero-order valence-electron chi connectivity index (χ0n) is 8.78. The molecule has 0 amide bonds. The van der Waals surface area contributed by atoms with Crippen LogP contribution in [0.25, 0.3) is 0 Å². The first-order valence-electron chi connectivity index (χ1n) is 3.84. The molecule has 0 aromatic heterocycles. The zero-order valence-corrected chi connectivity index (χ0v) is 9.83. The second-order valence-electron chi connectivity index (χ2n) is 1.93. The van der Waals surface area contributed by atoms with Crippen molar-refractivity contribution in [2.75, 3.05) is 19.7 Å². The Labute approximate surface area is 107 Å². The van der Waals surface area contributed by atoms with Gasteiger partial charge >= 0.3 is 11.9 Å². The van der Waals surface area contributed by atoms with Crippen LogP contribution in [-0.4, -0.2) is 52.0 Å². The molecule has 17 heavy (non-hydrogen) atoms. The van der Waals surface area contributed by atoms with Crippen LogP contribution in [0.1, 0.15) is 6.92 Å². The average Bonchev–Trinajstić information content (AvgIpc) is 2.02. The Hall–Kier alpha value is -1.43. The van der Waals surface area contributed by atoms with E-state index in [1.165, 1.54) is 0 Å². The molecule has 11 heteroatoms. The van der Waals surface area contributed by atoms with Crippen LogP contribution in [0.15, 0.2) is 0 Å². The standard InChI is InChI=1S/C4H7NO4.C2H6O.Co.NO3/c6-3(7)1-5-2-4(8)9;1-2-3;;2-1(3)4/h5H,1-2H2,(H,6,7)(H,8,9);3H,2H2,1H3;;/q;;;-1. The SMILES string of the molecule is CCO.O=C(O)CNCC(=O)O.O=[N+]([O-])[O-].[Co]. The molecular formula is C6H13CoN2O8-. The third-order valence-corrected chi connectivity index (χ3v) is 0.552. The van der Waals surface area contributed by atoms with Crippen LogP contribution in [0.5, 0.6) is 0 Å². The van der Waals surface area contributed by atoms with Gasteiger partial charge < -0.3 is 30.6 Å². The maximum Gasteiger partial charge on any atom is 0.317 e. The minimum Gasteiger partial charge on any atom is -0.480 e. The average molecular weight is 300 g/mol. The number of nitrogens with one attached hydrogen (secondary N) is 1. The number of carboxylic acids is 2. The van der Waals surface area contributed by atoms with Gasteiger partial charge in [0.05, 0.1) is 18.2 Å². The molecule has 0 spiro atoms. The normalized spacial score (nSPS) is 7.18. The second kappa shape index (κ2) is 20.0. The van der Waals surface area contributed by atoms with Gasteiger partial charge in [0.2, 0.25) is 0 Å². The molecule has 1 radical (unpaired) electrons. The van der Waals surface area contributed by atoms with Gasteiger partial charge in [-0.2, -0.15) is 0 Å². The summed E-state index contributed by atoms with van der Waals surface area (Å²) in [6.45, 7) is 1.30. The van der Waals surface area contributed by atoms with Gasteiger partial charge in [-0.3, -0.25) is 14.9 Å². The van der Waals surface area contributed by atoms with Crippen LogP contribution in [0, 0.1) is 15.3 Å². The van der Waals surface area contributed by atoms with E-state index in [9.17, 15) is 9.59 Å². The molecule has 4 N–H and O–H groups in total. The Balaban J connectivity index is -0.0000000893. The van der Waals surface area contributed by atoms with E-state index in [-0.39, 0.29) is 36.5 Å². The Bertz CT molecular complexity index is 194. The van der Waals surface area contributed by atoms with Crippen molar-refractivity contribution in [1.29, 1.82) is 0 Å². The summed E-state index contributed by atoms with van der Waals surface area (Å²) in [4.78, 5) is 27.7. The van der Waals surface area contributed by atoms with E-state index in [1.54, 1.807) is 6.92 Å². The monoisotopic (exact) mass is 300 g/mol. The zero-order chi connectivity index (χ0) is 13.6. The van der Waals surface area contributed by atoms with Crippen molar-refractivity contribution in [3.05, 3.63) is 15.3 Å². The van der Waals surface area contributed by atoms with Crippen molar-refractivity contribution < 1.29 is 46.8 Å². The second-order valence-corrected chi connectivity index (χ2v) is 1.93. The maximum atomic E-state index is 9.73. The van der Waals surface area contributed by atoms with Gasteiger partial charge in [-0.25, -0.2) is 0 Å². The van der Waals surface area contributed by atoms with Gasteiger partial charge in [-0.1, -0.05) is 0 Å². The van der Waals surface area contributed by atoms with Gasteiger partial charge in [0, 0.05) is 23.4 Å². The molecule has 105 valence electrons. The maximum absolute atomic E-state index is 9.73. The molecule has 0 aliphatic carbocycles. The van der Waals surface area contributed by atoms with Crippen molar-refractivity contribution in [2.24, 2.45) is 0 Å². The fraction of sp³-hybridized carbons (Fsp3) is 0.667. The minimum absolute atomic E-state index is 0. The summed E-state index contributed by atoms with van der Waals surface area (Å²) in [6.07, 6.45) is 0. The molecule has 0 bridgehead atoms. The summed E-state index contributed by atoms with van der Waals surface area (Å²) >= 11 is 0. The number of carboxylic acid groups (broad SMARTS) is 2. The predicted molar refractivity (Wildman–Crippen MR) is 51.3 cm³/mol. The molecular weight excluding hydrogens is 287 g/mol. The summed E-state index contributed by atoms with van der Waals surface area (Å²) in [5.41, 5.74) is 0. The minimum atomic E-state index is -1.75. The molecule has 0 unspecified atom stereocenters. The third kappa shape index (κ3) is 110. The number of aliphatic carboxylic acids is 2. The molecule has 0 aromatic rings. The number of aliphatic hydroxyl groups excluding tert-OH is 1. The third-order valence-electron chi connectivity index (χ3n) is 0.552. The van der Waals surface area contributed by atoms with Gasteiger partial charge in [-0.05, 0) is 6.92 Å². The number of hydrogen-bond acceptors (Lipinski definition) is 7. The van der Waals surface area contributed by atoms with Crippen LogP contribution in [0.4, 0.5) is 0 Å². The molecule has 10 nitrogen and oxygen atoms in total. The summed E-state index contributed by atoms with van der Waals surface area (Å²) in [6, 6.07) is 0. The molecule has 0 heterocycles. The van der Waals surface area contributed by atoms with E-state index in [1.807, 2.05) is 0 Å². The van der Waals surface area contributed by atoms with Crippen molar-refractivity contribution in [3.8, 4) is 0 Å². The van der Waals surface area contributed by atoms with Crippen LogP contribution in [-0.2, 0) is 26.4 Å². The number of hydrogen-bond donors (Lipinski definition) is 4. The van der Waals surface area contributed by atoms with Crippen LogP contribution in [0.2, 0.25) is 0 Å². The van der Waals surface area contributed by atoms with Gasteiger partial charge in [0.1, 0.15) is 0 Å². The topological polar surface area (TPSA) is 173 Å². The smallest absolute Gasteiger partial charge is 0.317 e. The van der Waals surface area contributed by atoms with Crippen molar-refractivity contribution in [1.82, 2.24) is 5.32 Å². The molecule has 0 atom stereocenters. The molecule has 0 saturated carbocycles. The first kappa shape index (κ1) is 24.7. The van der Waals surface area contributed by atoms with Crippen LogP contribution in [0.3, 0.4) is 0 Å². The molecule has 0 fully saturated rings. The van der Waals surface area contributed by atoms with E-state index < -0.39 is 17.0 Å². The van der Waals surface area contributed by atoms with Crippen molar-refractivity contribution in [3.63, 3.8) is 0 Å². The van der Waals surface area contributed by atoms with Crippen LogP contribution >= 0.6 is 0 Å². The fourth-order valence-electron chi connectivity index (χ4n) is 0.276. The number of aliphatic hydroxyl groups is 1. The number of rotatable bonds is 4. The molecule has 0 aliphatic heterocycles. The Morgan fingerprint density at radius 3 is 1.47 bits per heavy atom. The first-order valence-corrected chi connectivity index (χ1v) is 3.84. The summed E-state index contributed by atoms with van der Waals surface area (Å²) in [7, 11) is 0.